The van der Waals surface area contributed by atoms with Gasteiger partial charge in [-0.25, -0.2) is 4.39 Å². The summed E-state index contributed by atoms with van der Waals surface area (Å²) in [7, 11) is 0. The molecule has 1 saturated heterocycles. The van der Waals surface area contributed by atoms with Crippen molar-refractivity contribution in [2.45, 2.75) is 38.5 Å². The molecule has 5 nitrogen and oxygen atoms in total. The highest BCUT2D eigenvalue weighted by Gasteiger charge is 2.37. The first kappa shape index (κ1) is 15.7. The minimum atomic E-state index is -0.310. The zero-order valence-electron chi connectivity index (χ0n) is 14.7. The molecule has 3 aromatic rings. The quantitative estimate of drug-likeness (QED) is 0.698. The first-order chi connectivity index (χ1) is 12.7. The van der Waals surface area contributed by atoms with Crippen LogP contribution in [0.2, 0.25) is 0 Å². The third kappa shape index (κ3) is 2.55. The van der Waals surface area contributed by atoms with Crippen molar-refractivity contribution in [1.82, 2.24) is 19.8 Å². The molecule has 3 heterocycles. The van der Waals surface area contributed by atoms with Crippen LogP contribution in [-0.2, 0) is 0 Å². The van der Waals surface area contributed by atoms with Crippen molar-refractivity contribution in [3.63, 3.8) is 0 Å². The number of piperidine rings is 1. The molecule has 134 valence electrons. The van der Waals surface area contributed by atoms with Crippen LogP contribution in [0.1, 0.15) is 38.5 Å². The number of anilines is 1. The first-order valence-corrected chi connectivity index (χ1v) is 9.47. The molecule has 0 N–H and O–H groups in total. The van der Waals surface area contributed by atoms with Gasteiger partial charge in [-0.1, -0.05) is 25.0 Å². The van der Waals surface area contributed by atoms with Crippen LogP contribution in [0, 0.1) is 11.2 Å². The predicted octanol–water partition coefficient (Wildman–Crippen LogP) is 4.09. The monoisotopic (exact) mass is 351 g/mol. The summed E-state index contributed by atoms with van der Waals surface area (Å²) in [5.41, 5.74) is 1.64. The number of hydrogen-bond acceptors (Lipinski definition) is 4. The van der Waals surface area contributed by atoms with Crippen LogP contribution < -0.4 is 4.90 Å². The number of aromatic nitrogens is 4. The highest BCUT2D eigenvalue weighted by Crippen LogP contribution is 2.46. The lowest BCUT2D eigenvalue weighted by atomic mass is 9.77. The molecular weight excluding hydrogens is 329 g/mol. The normalized spacial score (nSPS) is 19.5. The number of nitrogens with zero attached hydrogens (tertiary/aromatic N) is 5. The molecule has 0 bridgehead atoms. The maximum atomic E-state index is 14.2. The minimum absolute atomic E-state index is 0.310. The van der Waals surface area contributed by atoms with E-state index in [0.717, 1.165) is 18.9 Å². The molecule has 2 aliphatic rings. The van der Waals surface area contributed by atoms with E-state index < -0.39 is 0 Å². The van der Waals surface area contributed by atoms with Crippen LogP contribution in [0.3, 0.4) is 0 Å². The number of rotatable bonds is 2. The van der Waals surface area contributed by atoms with Crippen LogP contribution >= 0.6 is 0 Å². The van der Waals surface area contributed by atoms with E-state index in [1.54, 1.807) is 22.7 Å². The number of hydrogen-bond donors (Lipinski definition) is 0. The second-order valence-corrected chi connectivity index (χ2v) is 7.66. The van der Waals surface area contributed by atoms with E-state index in [1.807, 2.05) is 12.1 Å². The molecule has 6 heteroatoms. The molecule has 0 amide bonds. The summed E-state index contributed by atoms with van der Waals surface area (Å²) in [4.78, 5) is 2.34. The fraction of sp³-hybridized carbons (Fsp3) is 0.450. The summed E-state index contributed by atoms with van der Waals surface area (Å²) >= 11 is 0. The Balaban J connectivity index is 1.47. The second kappa shape index (κ2) is 6.04. The highest BCUT2D eigenvalue weighted by molar-refractivity contribution is 5.60. The van der Waals surface area contributed by atoms with Gasteiger partial charge in [0.2, 0.25) is 0 Å². The third-order valence-electron chi connectivity index (χ3n) is 6.18. The molecule has 0 radical (unpaired) electrons. The SMILES string of the molecule is Fc1ccccc1-c1nnc2ccc(N3CCC4(CCCC4)CC3)nn12. The lowest BCUT2D eigenvalue weighted by Crippen LogP contribution is -2.39. The molecule has 2 fully saturated rings. The topological polar surface area (TPSA) is 46.3 Å². The fourth-order valence-electron chi connectivity index (χ4n) is 4.59. The summed E-state index contributed by atoms with van der Waals surface area (Å²) < 4.78 is 15.8. The van der Waals surface area contributed by atoms with E-state index in [-0.39, 0.29) is 5.82 Å². The Labute approximate surface area is 151 Å². The standard InChI is InChI=1S/C20H22FN5/c21-16-6-2-1-5-15(16)19-23-22-17-7-8-18(24-26(17)19)25-13-11-20(12-14-25)9-3-4-10-20/h1-2,5-8H,3-4,9-14H2. The fourth-order valence-corrected chi connectivity index (χ4v) is 4.59. The van der Waals surface area contributed by atoms with Gasteiger partial charge < -0.3 is 4.90 Å². The van der Waals surface area contributed by atoms with Crippen molar-refractivity contribution < 1.29 is 4.39 Å². The first-order valence-electron chi connectivity index (χ1n) is 9.47. The van der Waals surface area contributed by atoms with Crippen molar-refractivity contribution in [3.8, 4) is 11.4 Å². The molecule has 1 aromatic carbocycles. The lowest BCUT2D eigenvalue weighted by Gasteiger charge is -2.39. The molecule has 26 heavy (non-hydrogen) atoms. The molecule has 1 aliphatic heterocycles. The summed E-state index contributed by atoms with van der Waals surface area (Å²) in [6.07, 6.45) is 8.03. The smallest absolute Gasteiger partial charge is 0.188 e. The zero-order chi connectivity index (χ0) is 17.6. The van der Waals surface area contributed by atoms with E-state index >= 15 is 0 Å². The van der Waals surface area contributed by atoms with Crippen LogP contribution in [0.25, 0.3) is 17.0 Å². The van der Waals surface area contributed by atoms with Crippen molar-refractivity contribution in [2.24, 2.45) is 5.41 Å². The predicted molar refractivity (Wildman–Crippen MR) is 98.5 cm³/mol. The largest absolute Gasteiger partial charge is 0.355 e. The maximum Gasteiger partial charge on any atom is 0.188 e. The highest BCUT2D eigenvalue weighted by atomic mass is 19.1. The van der Waals surface area contributed by atoms with Gasteiger partial charge in [-0.05, 0) is 55.4 Å². The summed E-state index contributed by atoms with van der Waals surface area (Å²) in [6, 6.07) is 10.5. The third-order valence-corrected chi connectivity index (χ3v) is 6.18. The molecule has 1 spiro atoms. The molecule has 5 rings (SSSR count). The molecule has 0 atom stereocenters. The molecule has 1 saturated carbocycles. The van der Waals surface area contributed by atoms with Crippen molar-refractivity contribution >= 4 is 11.5 Å². The number of benzene rings is 1. The molecular formula is C20H22FN5. The average Bonchev–Trinajstić information content (AvgIpc) is 3.30. The van der Waals surface area contributed by atoms with Gasteiger partial charge in [0.1, 0.15) is 11.6 Å². The van der Waals surface area contributed by atoms with Gasteiger partial charge in [0, 0.05) is 13.1 Å². The van der Waals surface area contributed by atoms with Gasteiger partial charge in [0.25, 0.3) is 0 Å². The Morgan fingerprint density at radius 2 is 1.65 bits per heavy atom. The molecule has 1 aliphatic carbocycles. The van der Waals surface area contributed by atoms with E-state index in [2.05, 4.69) is 15.1 Å². The van der Waals surface area contributed by atoms with Crippen LogP contribution in [0.4, 0.5) is 10.2 Å². The van der Waals surface area contributed by atoms with Crippen LogP contribution in [0.15, 0.2) is 36.4 Å². The van der Waals surface area contributed by atoms with Gasteiger partial charge in [-0.3, -0.25) is 0 Å². The summed E-state index contributed by atoms with van der Waals surface area (Å²) in [5.74, 6) is 1.06. The van der Waals surface area contributed by atoms with E-state index in [1.165, 1.54) is 44.6 Å². The van der Waals surface area contributed by atoms with E-state index in [9.17, 15) is 4.39 Å². The van der Waals surface area contributed by atoms with Crippen molar-refractivity contribution in [1.29, 1.82) is 0 Å². The van der Waals surface area contributed by atoms with Gasteiger partial charge in [0.15, 0.2) is 11.5 Å². The number of halogens is 1. The van der Waals surface area contributed by atoms with E-state index in [4.69, 9.17) is 5.10 Å². The number of fused-ring (bicyclic) bond motifs is 1. The second-order valence-electron chi connectivity index (χ2n) is 7.66. The molecule has 0 unspecified atom stereocenters. The summed E-state index contributed by atoms with van der Waals surface area (Å²) in [5, 5.41) is 13.1. The van der Waals surface area contributed by atoms with E-state index in [0.29, 0.717) is 22.5 Å². The Bertz CT molecular complexity index is 934. The van der Waals surface area contributed by atoms with Crippen molar-refractivity contribution in [2.75, 3.05) is 18.0 Å². The minimum Gasteiger partial charge on any atom is -0.355 e. The van der Waals surface area contributed by atoms with Crippen LogP contribution in [0.5, 0.6) is 0 Å². The summed E-state index contributed by atoms with van der Waals surface area (Å²) in [6.45, 7) is 2.07. The van der Waals surface area contributed by atoms with Gasteiger partial charge in [-0.2, -0.15) is 4.52 Å². The molecule has 2 aromatic heterocycles. The Morgan fingerprint density at radius 1 is 0.885 bits per heavy atom. The zero-order valence-corrected chi connectivity index (χ0v) is 14.7. The van der Waals surface area contributed by atoms with Crippen LogP contribution in [-0.4, -0.2) is 32.9 Å². The Hall–Kier alpha value is -2.50. The van der Waals surface area contributed by atoms with Gasteiger partial charge >= 0.3 is 0 Å². The van der Waals surface area contributed by atoms with Gasteiger partial charge in [0.05, 0.1) is 5.56 Å². The lowest BCUT2D eigenvalue weighted by molar-refractivity contribution is 0.226. The maximum absolute atomic E-state index is 14.2. The average molecular weight is 351 g/mol. The van der Waals surface area contributed by atoms with Gasteiger partial charge in [-0.15, -0.1) is 15.3 Å². The Morgan fingerprint density at radius 3 is 2.42 bits per heavy atom. The van der Waals surface area contributed by atoms with Crippen molar-refractivity contribution in [3.05, 3.63) is 42.2 Å². The Kier molecular flexibility index (Phi) is 3.65.